The molecule has 0 amide bonds. The summed E-state index contributed by atoms with van der Waals surface area (Å²) in [6.07, 6.45) is 1.17. The lowest BCUT2D eigenvalue weighted by atomic mass is 9.94. The first-order chi connectivity index (χ1) is 7.56. The van der Waals surface area contributed by atoms with Gasteiger partial charge in [0, 0.05) is 0 Å². The molecule has 0 radical (unpaired) electrons. The molecule has 0 saturated heterocycles. The number of carbonyl (C=O) groups is 1. The molecule has 0 aliphatic rings. The van der Waals surface area contributed by atoms with Crippen LogP contribution in [-0.2, 0) is 4.79 Å². The highest BCUT2D eigenvalue weighted by molar-refractivity contribution is 6.42. The lowest BCUT2D eigenvalue weighted by molar-refractivity contribution is -0.139. The van der Waals surface area contributed by atoms with Gasteiger partial charge in [-0.15, -0.1) is 0 Å². The van der Waals surface area contributed by atoms with Crippen LogP contribution in [0, 0.1) is 0 Å². The van der Waals surface area contributed by atoms with Crippen LogP contribution in [0.4, 0.5) is 0 Å². The number of carboxylic acids is 1. The molecule has 0 heterocycles. The minimum absolute atomic E-state index is 0.373. The number of rotatable bonds is 5. The van der Waals surface area contributed by atoms with Crippen molar-refractivity contribution in [2.45, 2.75) is 18.8 Å². The summed E-state index contributed by atoms with van der Waals surface area (Å²) in [5, 5.41) is 9.89. The fraction of sp³-hybridized carbons (Fsp3) is 0.364. The maximum absolute atomic E-state index is 11.1. The molecule has 1 atom stereocenters. The summed E-state index contributed by atoms with van der Waals surface area (Å²) in [5.74, 6) is -1.44. The minimum Gasteiger partial charge on any atom is -0.481 e. The SMILES string of the molecule is NCCCC(C(=O)O)c1ccc(Cl)c(Cl)c1. The van der Waals surface area contributed by atoms with Crippen LogP contribution in [0.15, 0.2) is 18.2 Å². The highest BCUT2D eigenvalue weighted by atomic mass is 35.5. The molecule has 1 unspecified atom stereocenters. The van der Waals surface area contributed by atoms with Crippen molar-refractivity contribution in [3.63, 3.8) is 0 Å². The normalized spacial score (nSPS) is 12.4. The summed E-state index contributed by atoms with van der Waals surface area (Å²) in [4.78, 5) is 11.1. The average molecular weight is 262 g/mol. The molecule has 0 fully saturated rings. The van der Waals surface area contributed by atoms with Gasteiger partial charge in [0.2, 0.25) is 0 Å². The summed E-state index contributed by atoms with van der Waals surface area (Å²) >= 11 is 11.6. The second-order valence-corrected chi connectivity index (χ2v) is 4.31. The van der Waals surface area contributed by atoms with Crippen LogP contribution in [0.2, 0.25) is 10.0 Å². The van der Waals surface area contributed by atoms with E-state index in [-0.39, 0.29) is 0 Å². The van der Waals surface area contributed by atoms with Crippen LogP contribution >= 0.6 is 23.2 Å². The third-order valence-corrected chi connectivity index (χ3v) is 3.08. The number of nitrogens with two attached hydrogens (primary N) is 1. The topological polar surface area (TPSA) is 63.3 Å². The van der Waals surface area contributed by atoms with Gasteiger partial charge < -0.3 is 10.8 Å². The second kappa shape index (κ2) is 6.09. The smallest absolute Gasteiger partial charge is 0.310 e. The molecule has 1 rings (SSSR count). The average Bonchev–Trinajstić information content (AvgIpc) is 2.23. The van der Waals surface area contributed by atoms with Crippen LogP contribution in [0.5, 0.6) is 0 Å². The molecule has 0 spiro atoms. The minimum atomic E-state index is -0.869. The molecule has 0 aromatic heterocycles. The van der Waals surface area contributed by atoms with Crippen LogP contribution in [0.25, 0.3) is 0 Å². The van der Waals surface area contributed by atoms with Crippen molar-refractivity contribution in [3.05, 3.63) is 33.8 Å². The standard InChI is InChI=1S/C11H13Cl2NO2/c12-9-4-3-7(6-10(9)13)8(11(15)16)2-1-5-14/h3-4,6,8H,1-2,5,14H2,(H,15,16). The van der Waals surface area contributed by atoms with Gasteiger partial charge in [-0.1, -0.05) is 29.3 Å². The summed E-state index contributed by atoms with van der Waals surface area (Å²) in [6.45, 7) is 0.477. The first-order valence-corrected chi connectivity index (χ1v) is 5.69. The van der Waals surface area contributed by atoms with E-state index >= 15 is 0 Å². The van der Waals surface area contributed by atoms with Crippen LogP contribution in [0.3, 0.4) is 0 Å². The first kappa shape index (κ1) is 13.3. The van der Waals surface area contributed by atoms with Gasteiger partial charge in [-0.2, -0.15) is 0 Å². The molecular formula is C11H13Cl2NO2. The molecule has 16 heavy (non-hydrogen) atoms. The van der Waals surface area contributed by atoms with E-state index in [1.165, 1.54) is 0 Å². The Morgan fingerprint density at radius 1 is 1.38 bits per heavy atom. The van der Waals surface area contributed by atoms with Gasteiger partial charge in [-0.05, 0) is 37.1 Å². The predicted octanol–water partition coefficient (Wildman–Crippen LogP) is 2.90. The molecule has 0 saturated carbocycles. The van der Waals surface area contributed by atoms with Gasteiger partial charge in [-0.3, -0.25) is 4.79 Å². The predicted molar refractivity (Wildman–Crippen MR) is 65.1 cm³/mol. The molecule has 88 valence electrons. The van der Waals surface area contributed by atoms with E-state index in [0.717, 1.165) is 0 Å². The molecule has 0 bridgehead atoms. The highest BCUT2D eigenvalue weighted by Crippen LogP contribution is 2.28. The van der Waals surface area contributed by atoms with E-state index in [1.54, 1.807) is 18.2 Å². The maximum Gasteiger partial charge on any atom is 0.310 e. The summed E-state index contributed by atoms with van der Waals surface area (Å²) in [7, 11) is 0. The number of hydrogen-bond donors (Lipinski definition) is 2. The Balaban J connectivity index is 2.92. The molecule has 5 heteroatoms. The Morgan fingerprint density at radius 3 is 2.56 bits per heavy atom. The van der Waals surface area contributed by atoms with Crippen LogP contribution in [-0.4, -0.2) is 17.6 Å². The van der Waals surface area contributed by atoms with Crippen LogP contribution < -0.4 is 5.73 Å². The van der Waals surface area contributed by atoms with Gasteiger partial charge in [-0.25, -0.2) is 0 Å². The Kier molecular flexibility index (Phi) is 5.06. The van der Waals surface area contributed by atoms with E-state index in [9.17, 15) is 4.79 Å². The van der Waals surface area contributed by atoms with Gasteiger partial charge in [0.1, 0.15) is 0 Å². The zero-order valence-corrected chi connectivity index (χ0v) is 10.1. The first-order valence-electron chi connectivity index (χ1n) is 4.94. The quantitative estimate of drug-likeness (QED) is 0.857. The fourth-order valence-corrected chi connectivity index (χ4v) is 1.79. The van der Waals surface area contributed by atoms with Crippen molar-refractivity contribution < 1.29 is 9.90 Å². The zero-order chi connectivity index (χ0) is 12.1. The van der Waals surface area contributed by atoms with Crippen molar-refractivity contribution in [2.24, 2.45) is 5.73 Å². The highest BCUT2D eigenvalue weighted by Gasteiger charge is 2.19. The zero-order valence-electron chi connectivity index (χ0n) is 8.62. The number of halogens is 2. The Bertz CT molecular complexity index is 382. The van der Waals surface area contributed by atoms with E-state index in [0.29, 0.717) is 35.0 Å². The van der Waals surface area contributed by atoms with Gasteiger partial charge >= 0.3 is 5.97 Å². The van der Waals surface area contributed by atoms with Crippen molar-refractivity contribution in [2.75, 3.05) is 6.54 Å². The second-order valence-electron chi connectivity index (χ2n) is 3.50. The van der Waals surface area contributed by atoms with E-state index in [1.807, 2.05) is 0 Å². The van der Waals surface area contributed by atoms with Crippen molar-refractivity contribution in [3.8, 4) is 0 Å². The number of carboxylic acid groups (broad SMARTS) is 1. The maximum atomic E-state index is 11.1. The Hall–Kier alpha value is -0.770. The Labute approximate surface area is 104 Å². The molecule has 3 N–H and O–H groups in total. The lowest BCUT2D eigenvalue weighted by Crippen LogP contribution is -2.13. The number of benzene rings is 1. The summed E-state index contributed by atoms with van der Waals surface area (Å²) in [5.41, 5.74) is 6.03. The number of hydrogen-bond acceptors (Lipinski definition) is 2. The van der Waals surface area contributed by atoms with E-state index < -0.39 is 11.9 Å². The van der Waals surface area contributed by atoms with E-state index in [4.69, 9.17) is 34.0 Å². The molecular weight excluding hydrogens is 249 g/mol. The van der Waals surface area contributed by atoms with Gasteiger partial charge in [0.05, 0.1) is 16.0 Å². The number of aliphatic carboxylic acids is 1. The molecule has 0 aliphatic carbocycles. The van der Waals surface area contributed by atoms with Crippen LogP contribution in [0.1, 0.15) is 24.3 Å². The Morgan fingerprint density at radius 2 is 2.06 bits per heavy atom. The molecule has 1 aromatic carbocycles. The summed E-state index contributed by atoms with van der Waals surface area (Å²) in [6, 6.07) is 4.89. The largest absolute Gasteiger partial charge is 0.481 e. The van der Waals surface area contributed by atoms with E-state index in [2.05, 4.69) is 0 Å². The van der Waals surface area contributed by atoms with Gasteiger partial charge in [0.25, 0.3) is 0 Å². The monoisotopic (exact) mass is 261 g/mol. The lowest BCUT2D eigenvalue weighted by Gasteiger charge is -2.12. The summed E-state index contributed by atoms with van der Waals surface area (Å²) < 4.78 is 0. The molecule has 1 aromatic rings. The van der Waals surface area contributed by atoms with Crippen molar-refractivity contribution >= 4 is 29.2 Å². The van der Waals surface area contributed by atoms with Crippen molar-refractivity contribution in [1.82, 2.24) is 0 Å². The fourth-order valence-electron chi connectivity index (χ4n) is 1.48. The van der Waals surface area contributed by atoms with Gasteiger partial charge in [0.15, 0.2) is 0 Å². The molecule has 3 nitrogen and oxygen atoms in total. The third-order valence-electron chi connectivity index (χ3n) is 2.34. The van der Waals surface area contributed by atoms with Crippen molar-refractivity contribution in [1.29, 1.82) is 0 Å². The molecule has 0 aliphatic heterocycles. The third kappa shape index (κ3) is 3.37.